The SMILES string of the molecule is Cc1ccc2nc(-c3ccc(NC(=O)c4ccc(F)cc4)cc3)sc2c1.O=C(Nc1ccc(-c2nc3ccc(O)cc3s2)cc1)c1ccc(F)cc1. The minimum absolute atomic E-state index is 0.214. The van der Waals surface area contributed by atoms with Gasteiger partial charge in [-0.2, -0.15) is 0 Å². The quantitative estimate of drug-likeness (QED) is 0.158. The van der Waals surface area contributed by atoms with Crippen molar-refractivity contribution in [2.24, 2.45) is 0 Å². The molecule has 0 spiro atoms. The maximum absolute atomic E-state index is 12.9. The molecular formula is C41H28F2N4O3S2. The molecule has 8 rings (SSSR count). The van der Waals surface area contributed by atoms with Gasteiger partial charge in [0.25, 0.3) is 11.8 Å². The van der Waals surface area contributed by atoms with Gasteiger partial charge in [0, 0.05) is 33.6 Å². The molecule has 2 amide bonds. The molecule has 6 aromatic carbocycles. The molecule has 0 unspecified atom stereocenters. The van der Waals surface area contributed by atoms with Gasteiger partial charge in [0.1, 0.15) is 27.4 Å². The Labute approximate surface area is 304 Å². The molecule has 8 aromatic rings. The lowest BCUT2D eigenvalue weighted by Gasteiger charge is -2.06. The van der Waals surface area contributed by atoms with Crippen LogP contribution in [0.1, 0.15) is 26.3 Å². The zero-order valence-corrected chi connectivity index (χ0v) is 29.1. The van der Waals surface area contributed by atoms with Crippen molar-refractivity contribution in [1.29, 1.82) is 0 Å². The topological polar surface area (TPSA) is 104 Å². The van der Waals surface area contributed by atoms with Gasteiger partial charge in [-0.05, 0) is 140 Å². The summed E-state index contributed by atoms with van der Waals surface area (Å²) >= 11 is 3.14. The van der Waals surface area contributed by atoms with Crippen molar-refractivity contribution in [3.8, 4) is 26.9 Å². The maximum Gasteiger partial charge on any atom is 0.255 e. The second kappa shape index (κ2) is 14.9. The number of hydrogen-bond donors (Lipinski definition) is 3. The van der Waals surface area contributed by atoms with Crippen LogP contribution in [0.25, 0.3) is 41.6 Å². The molecular weight excluding hydrogens is 699 g/mol. The van der Waals surface area contributed by atoms with E-state index in [-0.39, 0.29) is 29.2 Å². The van der Waals surface area contributed by atoms with E-state index in [1.54, 1.807) is 41.7 Å². The summed E-state index contributed by atoms with van der Waals surface area (Å²) in [4.78, 5) is 33.6. The van der Waals surface area contributed by atoms with Gasteiger partial charge in [-0.15, -0.1) is 22.7 Å². The fraction of sp³-hybridized carbons (Fsp3) is 0.0244. The van der Waals surface area contributed by atoms with Gasteiger partial charge in [-0.25, -0.2) is 18.7 Å². The van der Waals surface area contributed by atoms with Crippen molar-refractivity contribution in [2.75, 3.05) is 10.6 Å². The fourth-order valence-corrected chi connectivity index (χ4v) is 7.27. The summed E-state index contributed by atoms with van der Waals surface area (Å²) in [6.45, 7) is 2.07. The average Bonchev–Trinajstić information content (AvgIpc) is 3.77. The van der Waals surface area contributed by atoms with E-state index in [0.29, 0.717) is 22.5 Å². The van der Waals surface area contributed by atoms with E-state index in [4.69, 9.17) is 0 Å². The number of fused-ring (bicyclic) bond motifs is 2. The van der Waals surface area contributed by atoms with E-state index >= 15 is 0 Å². The van der Waals surface area contributed by atoms with Crippen LogP contribution in [0.3, 0.4) is 0 Å². The van der Waals surface area contributed by atoms with E-state index in [0.717, 1.165) is 41.6 Å². The largest absolute Gasteiger partial charge is 0.508 e. The summed E-state index contributed by atoms with van der Waals surface area (Å²) in [5.74, 6) is -1.10. The van der Waals surface area contributed by atoms with E-state index in [9.17, 15) is 23.5 Å². The fourth-order valence-electron chi connectivity index (χ4n) is 5.19. The number of aromatic hydroxyl groups is 1. The molecule has 0 saturated heterocycles. The van der Waals surface area contributed by atoms with Crippen LogP contribution in [0.15, 0.2) is 133 Å². The molecule has 0 aliphatic rings. The maximum atomic E-state index is 12.9. The number of aromatic nitrogens is 2. The number of phenolic OH excluding ortho intramolecular Hbond substituents is 1. The number of thiazole rings is 2. The average molecular weight is 727 g/mol. The van der Waals surface area contributed by atoms with Crippen LogP contribution < -0.4 is 10.6 Å². The highest BCUT2D eigenvalue weighted by molar-refractivity contribution is 7.22. The number of anilines is 2. The second-order valence-electron chi connectivity index (χ2n) is 11.7. The molecule has 0 radical (unpaired) electrons. The summed E-state index contributed by atoms with van der Waals surface area (Å²) in [5.41, 5.74) is 7.08. The smallest absolute Gasteiger partial charge is 0.255 e. The van der Waals surface area contributed by atoms with Gasteiger partial charge in [0.05, 0.1) is 20.4 Å². The van der Waals surface area contributed by atoms with Crippen molar-refractivity contribution >= 4 is 66.3 Å². The standard InChI is InChI=1S/C21H15FN2OS.C20H13FN2O2S/c1-13-2-11-18-19(12-13)26-21(24-18)15-5-9-17(10-6-15)23-20(25)14-3-7-16(22)8-4-14;21-14-5-1-12(2-6-14)19(25)22-15-7-3-13(4-8-15)20-23-17-10-9-16(24)11-18(17)26-20/h2-12H,1H3,(H,23,25);1-11,24H,(H,22,25). The zero-order chi connectivity index (χ0) is 36.2. The van der Waals surface area contributed by atoms with Crippen LogP contribution in [0.5, 0.6) is 5.75 Å². The number of aryl methyl sites for hydroxylation is 1. The summed E-state index contributed by atoms with van der Waals surface area (Å²) in [6.07, 6.45) is 0. The predicted molar refractivity (Wildman–Crippen MR) is 205 cm³/mol. The molecule has 7 nitrogen and oxygen atoms in total. The molecule has 52 heavy (non-hydrogen) atoms. The van der Waals surface area contributed by atoms with Crippen LogP contribution in [0.2, 0.25) is 0 Å². The lowest BCUT2D eigenvalue weighted by atomic mass is 10.2. The molecule has 0 saturated carbocycles. The Bertz CT molecular complexity index is 2350. The number of carbonyl (C=O) groups is 2. The third kappa shape index (κ3) is 8.02. The minimum Gasteiger partial charge on any atom is -0.508 e. The number of amides is 2. The number of hydrogen-bond acceptors (Lipinski definition) is 7. The van der Waals surface area contributed by atoms with Crippen molar-refractivity contribution in [2.45, 2.75) is 6.92 Å². The third-order valence-electron chi connectivity index (χ3n) is 7.91. The number of nitrogens with one attached hydrogen (secondary N) is 2. The van der Waals surface area contributed by atoms with Crippen molar-refractivity contribution in [3.05, 3.63) is 162 Å². The van der Waals surface area contributed by atoms with Crippen molar-refractivity contribution < 1.29 is 23.5 Å². The number of benzene rings is 6. The first kappa shape index (κ1) is 34.2. The van der Waals surface area contributed by atoms with E-state index in [1.807, 2.05) is 42.5 Å². The zero-order valence-electron chi connectivity index (χ0n) is 27.4. The highest BCUT2D eigenvalue weighted by Crippen LogP contribution is 2.33. The summed E-state index contributed by atoms with van der Waals surface area (Å²) in [5, 5.41) is 16.9. The third-order valence-corrected chi connectivity index (χ3v) is 10.0. The van der Waals surface area contributed by atoms with Crippen LogP contribution in [-0.2, 0) is 0 Å². The highest BCUT2D eigenvalue weighted by Gasteiger charge is 2.11. The molecule has 11 heteroatoms. The number of carbonyl (C=O) groups excluding carboxylic acids is 2. The Morgan fingerprint density at radius 2 is 0.981 bits per heavy atom. The Morgan fingerprint density at radius 1 is 0.558 bits per heavy atom. The predicted octanol–water partition coefficient (Wildman–Crippen LogP) is 10.7. The molecule has 0 aliphatic heterocycles. The summed E-state index contributed by atoms with van der Waals surface area (Å²) in [7, 11) is 0. The lowest BCUT2D eigenvalue weighted by Crippen LogP contribution is -2.11. The summed E-state index contributed by atoms with van der Waals surface area (Å²) < 4.78 is 27.9. The summed E-state index contributed by atoms with van der Waals surface area (Å²) in [6, 6.07) is 37.0. The number of nitrogens with zero attached hydrogens (tertiary/aromatic N) is 2. The number of phenols is 1. The van der Waals surface area contributed by atoms with Gasteiger partial charge < -0.3 is 15.7 Å². The molecule has 2 heterocycles. The van der Waals surface area contributed by atoms with Crippen molar-refractivity contribution in [3.63, 3.8) is 0 Å². The van der Waals surface area contributed by atoms with Crippen LogP contribution >= 0.6 is 22.7 Å². The first-order chi connectivity index (χ1) is 25.2. The lowest BCUT2D eigenvalue weighted by molar-refractivity contribution is 0.101. The number of halogens is 2. The van der Waals surface area contributed by atoms with Crippen LogP contribution in [-0.4, -0.2) is 26.9 Å². The molecule has 0 bridgehead atoms. The monoisotopic (exact) mass is 726 g/mol. The van der Waals surface area contributed by atoms with E-state index in [1.165, 1.54) is 65.4 Å². The normalized spacial score (nSPS) is 10.8. The first-order valence-electron chi connectivity index (χ1n) is 16.0. The number of rotatable bonds is 6. The van der Waals surface area contributed by atoms with E-state index in [2.05, 4.69) is 39.7 Å². The highest BCUT2D eigenvalue weighted by atomic mass is 32.1. The Kier molecular flexibility index (Phi) is 9.79. The van der Waals surface area contributed by atoms with Crippen LogP contribution in [0.4, 0.5) is 20.2 Å². The van der Waals surface area contributed by atoms with Gasteiger partial charge in [-0.3, -0.25) is 9.59 Å². The van der Waals surface area contributed by atoms with Crippen molar-refractivity contribution in [1.82, 2.24) is 9.97 Å². The van der Waals surface area contributed by atoms with E-state index < -0.39 is 0 Å². The second-order valence-corrected chi connectivity index (χ2v) is 13.8. The van der Waals surface area contributed by atoms with Gasteiger partial charge in [0.15, 0.2) is 0 Å². The molecule has 0 aliphatic carbocycles. The minimum atomic E-state index is -0.380. The Hall–Kier alpha value is -6.30. The Morgan fingerprint density at radius 3 is 1.44 bits per heavy atom. The molecule has 0 fully saturated rings. The molecule has 3 N–H and O–H groups in total. The Balaban J connectivity index is 0.000000162. The van der Waals surface area contributed by atoms with Gasteiger partial charge in [-0.1, -0.05) is 6.07 Å². The first-order valence-corrected chi connectivity index (χ1v) is 17.6. The molecule has 256 valence electrons. The van der Waals surface area contributed by atoms with Gasteiger partial charge in [0.2, 0.25) is 0 Å². The van der Waals surface area contributed by atoms with Gasteiger partial charge >= 0.3 is 0 Å². The molecule has 2 aromatic heterocycles. The van der Waals surface area contributed by atoms with Crippen LogP contribution in [0, 0.1) is 18.6 Å². The molecule has 0 atom stereocenters.